The molecule has 0 aliphatic rings. The number of nitrogens with two attached hydrogens (primary N) is 1. The van der Waals surface area contributed by atoms with E-state index in [9.17, 15) is 4.79 Å². The molecule has 0 unspecified atom stereocenters. The number of aryl methyl sites for hydroxylation is 1. The molecule has 0 saturated heterocycles. The molecule has 3 aromatic rings. The van der Waals surface area contributed by atoms with Gasteiger partial charge in [0.1, 0.15) is 17.1 Å². The van der Waals surface area contributed by atoms with Crippen LogP contribution in [0.5, 0.6) is 5.75 Å². The van der Waals surface area contributed by atoms with E-state index in [0.717, 1.165) is 47.9 Å². The maximum absolute atomic E-state index is 13.2. The third-order valence-electron chi connectivity index (χ3n) is 4.43. The van der Waals surface area contributed by atoms with Crippen molar-refractivity contribution < 1.29 is 13.9 Å². The van der Waals surface area contributed by atoms with Crippen LogP contribution in [-0.2, 0) is 6.42 Å². The van der Waals surface area contributed by atoms with E-state index in [-0.39, 0.29) is 5.78 Å². The number of furan rings is 1. The molecule has 3 rings (SSSR count). The Balaban J connectivity index is 1.93. The smallest absolute Gasteiger partial charge is 0.197 e. The average Bonchev–Trinajstić information content (AvgIpc) is 3.04. The zero-order chi connectivity index (χ0) is 19.2. The number of nitrogen functional groups attached to an aromatic ring is 1. The van der Waals surface area contributed by atoms with Gasteiger partial charge in [0.05, 0.1) is 12.2 Å². The number of benzene rings is 2. The zero-order valence-electron chi connectivity index (χ0n) is 15.5. The second-order valence-electron chi connectivity index (χ2n) is 6.50. The number of ether oxygens (including phenoxy) is 1. The Kier molecular flexibility index (Phi) is 6.56. The predicted molar refractivity (Wildman–Crippen MR) is 113 cm³/mol. The largest absolute Gasteiger partial charge is 0.494 e. The molecule has 27 heavy (non-hydrogen) atoms. The summed E-state index contributed by atoms with van der Waals surface area (Å²) in [6.07, 6.45) is 3.67. The Labute approximate surface area is 167 Å². The van der Waals surface area contributed by atoms with Crippen LogP contribution >= 0.6 is 15.9 Å². The van der Waals surface area contributed by atoms with Crippen molar-refractivity contribution in [3.63, 3.8) is 0 Å². The number of carbonyl (C=O) groups is 1. The van der Waals surface area contributed by atoms with Crippen molar-refractivity contribution in [2.75, 3.05) is 17.7 Å². The monoisotopic (exact) mass is 429 g/mol. The maximum Gasteiger partial charge on any atom is 0.197 e. The van der Waals surface area contributed by atoms with Gasteiger partial charge in [-0.25, -0.2) is 0 Å². The lowest BCUT2D eigenvalue weighted by atomic mass is 9.98. The van der Waals surface area contributed by atoms with E-state index in [1.807, 2.05) is 24.3 Å². The lowest BCUT2D eigenvalue weighted by molar-refractivity contribution is 0.103. The van der Waals surface area contributed by atoms with Crippen molar-refractivity contribution in [2.24, 2.45) is 0 Å². The van der Waals surface area contributed by atoms with Gasteiger partial charge in [-0.3, -0.25) is 4.79 Å². The van der Waals surface area contributed by atoms with Gasteiger partial charge in [0, 0.05) is 28.4 Å². The Hall–Kier alpha value is -2.27. The third kappa shape index (κ3) is 4.53. The molecule has 1 aromatic heterocycles. The number of fused-ring (bicyclic) bond motifs is 1. The van der Waals surface area contributed by atoms with E-state index in [1.54, 1.807) is 18.2 Å². The van der Waals surface area contributed by atoms with Crippen molar-refractivity contribution >= 4 is 38.4 Å². The van der Waals surface area contributed by atoms with Gasteiger partial charge in [-0.15, -0.1) is 0 Å². The van der Waals surface area contributed by atoms with Crippen molar-refractivity contribution in [1.82, 2.24) is 0 Å². The molecular weight excluding hydrogens is 406 g/mol. The molecule has 0 aliphatic heterocycles. The predicted octanol–water partition coefficient (Wildman–Crippen LogP) is 5.75. The van der Waals surface area contributed by atoms with Gasteiger partial charge in [-0.05, 0) is 55.3 Å². The molecule has 0 aliphatic carbocycles. The van der Waals surface area contributed by atoms with Crippen LogP contribution in [0.25, 0.3) is 11.0 Å². The maximum atomic E-state index is 13.2. The normalized spacial score (nSPS) is 11.0. The summed E-state index contributed by atoms with van der Waals surface area (Å²) in [5.74, 6) is 1.46. The lowest BCUT2D eigenvalue weighted by Gasteiger charge is -2.07. The third-order valence-corrected chi connectivity index (χ3v) is 4.99. The first-order valence-corrected chi connectivity index (χ1v) is 10.4. The van der Waals surface area contributed by atoms with Crippen LogP contribution in [0.4, 0.5) is 5.69 Å². The number of alkyl halides is 1. The highest BCUT2D eigenvalue weighted by atomic mass is 79.9. The quantitative estimate of drug-likeness (QED) is 0.203. The van der Waals surface area contributed by atoms with Gasteiger partial charge in [-0.1, -0.05) is 29.3 Å². The highest BCUT2D eigenvalue weighted by Gasteiger charge is 2.22. The molecule has 142 valence electrons. The van der Waals surface area contributed by atoms with Gasteiger partial charge in [0.25, 0.3) is 0 Å². The standard InChI is InChI=1S/C22H24BrNO3/c1-2-3-5-20-21(18-14-16(24)8-11-19(18)27-20)22(25)15-6-9-17(10-7-15)26-13-4-12-23/h6-11,14H,2-5,12-13,24H2,1H3. The van der Waals surface area contributed by atoms with Crippen molar-refractivity contribution in [3.05, 3.63) is 59.4 Å². The number of halogens is 1. The highest BCUT2D eigenvalue weighted by molar-refractivity contribution is 9.09. The van der Waals surface area contributed by atoms with Crippen LogP contribution in [0.15, 0.2) is 46.9 Å². The minimum absolute atomic E-state index is 0.0440. The van der Waals surface area contributed by atoms with Crippen LogP contribution in [0, 0.1) is 0 Å². The first-order valence-electron chi connectivity index (χ1n) is 9.28. The highest BCUT2D eigenvalue weighted by Crippen LogP contribution is 2.31. The van der Waals surface area contributed by atoms with Crippen molar-refractivity contribution in [1.29, 1.82) is 0 Å². The topological polar surface area (TPSA) is 65.5 Å². The summed E-state index contributed by atoms with van der Waals surface area (Å²) in [7, 11) is 0. The number of rotatable bonds is 9. The number of hydrogen-bond acceptors (Lipinski definition) is 4. The molecular formula is C22H24BrNO3. The fourth-order valence-electron chi connectivity index (χ4n) is 3.02. The molecule has 0 spiro atoms. The summed E-state index contributed by atoms with van der Waals surface area (Å²) in [5.41, 5.74) is 8.51. The molecule has 4 nitrogen and oxygen atoms in total. The van der Waals surface area contributed by atoms with Crippen LogP contribution in [-0.4, -0.2) is 17.7 Å². The second-order valence-corrected chi connectivity index (χ2v) is 7.30. The molecule has 2 aromatic carbocycles. The summed E-state index contributed by atoms with van der Waals surface area (Å²) in [4.78, 5) is 13.2. The minimum Gasteiger partial charge on any atom is -0.494 e. The first kappa shape index (κ1) is 19.5. The van der Waals surface area contributed by atoms with Crippen molar-refractivity contribution in [2.45, 2.75) is 32.6 Å². The Morgan fingerprint density at radius 1 is 1.15 bits per heavy atom. The lowest BCUT2D eigenvalue weighted by Crippen LogP contribution is -2.04. The summed E-state index contributed by atoms with van der Waals surface area (Å²) in [5, 5.41) is 1.68. The molecule has 0 radical (unpaired) electrons. The summed E-state index contributed by atoms with van der Waals surface area (Å²) < 4.78 is 11.6. The zero-order valence-corrected chi connectivity index (χ0v) is 17.1. The van der Waals surface area contributed by atoms with Crippen LogP contribution < -0.4 is 10.5 Å². The van der Waals surface area contributed by atoms with E-state index in [2.05, 4.69) is 22.9 Å². The van der Waals surface area contributed by atoms with Gasteiger partial charge < -0.3 is 14.9 Å². The molecule has 0 bridgehead atoms. The van der Waals surface area contributed by atoms with E-state index in [0.29, 0.717) is 29.0 Å². The summed E-state index contributed by atoms with van der Waals surface area (Å²) in [6, 6.07) is 12.7. The molecule has 0 fully saturated rings. The average molecular weight is 430 g/mol. The molecule has 0 atom stereocenters. The number of carbonyl (C=O) groups excluding carboxylic acids is 1. The first-order chi connectivity index (χ1) is 13.1. The molecule has 2 N–H and O–H groups in total. The number of hydrogen-bond donors (Lipinski definition) is 1. The van der Waals surface area contributed by atoms with E-state index < -0.39 is 0 Å². The van der Waals surface area contributed by atoms with Gasteiger partial charge >= 0.3 is 0 Å². The summed E-state index contributed by atoms with van der Waals surface area (Å²) in [6.45, 7) is 2.77. The number of anilines is 1. The van der Waals surface area contributed by atoms with E-state index >= 15 is 0 Å². The fourth-order valence-corrected chi connectivity index (χ4v) is 3.25. The van der Waals surface area contributed by atoms with Gasteiger partial charge in [0.2, 0.25) is 0 Å². The van der Waals surface area contributed by atoms with Crippen molar-refractivity contribution in [3.8, 4) is 5.75 Å². The molecule has 1 heterocycles. The molecule has 0 saturated carbocycles. The van der Waals surface area contributed by atoms with E-state index in [1.165, 1.54) is 0 Å². The summed E-state index contributed by atoms with van der Waals surface area (Å²) >= 11 is 3.38. The number of ketones is 1. The van der Waals surface area contributed by atoms with Gasteiger partial charge in [-0.2, -0.15) is 0 Å². The Bertz CT molecular complexity index is 915. The van der Waals surface area contributed by atoms with Gasteiger partial charge in [0.15, 0.2) is 5.78 Å². The fraction of sp³-hybridized carbons (Fsp3) is 0.318. The number of unbranched alkanes of at least 4 members (excludes halogenated alkanes) is 1. The van der Waals surface area contributed by atoms with Crippen LogP contribution in [0.1, 0.15) is 47.9 Å². The minimum atomic E-state index is -0.0440. The Morgan fingerprint density at radius 2 is 1.93 bits per heavy atom. The molecule has 0 amide bonds. The molecule has 5 heteroatoms. The SMILES string of the molecule is CCCCc1oc2ccc(N)cc2c1C(=O)c1ccc(OCCCBr)cc1. The van der Waals surface area contributed by atoms with E-state index in [4.69, 9.17) is 14.9 Å². The van der Waals surface area contributed by atoms with Crippen LogP contribution in [0.2, 0.25) is 0 Å². The van der Waals surface area contributed by atoms with Crippen LogP contribution in [0.3, 0.4) is 0 Å². The Morgan fingerprint density at radius 3 is 2.63 bits per heavy atom. The second kappa shape index (κ2) is 9.09.